The molecular formula is C40H53N7O7. The van der Waals surface area contributed by atoms with E-state index in [4.69, 9.17) is 9.47 Å². The molecule has 3 aliphatic rings. The maximum atomic E-state index is 14.2. The van der Waals surface area contributed by atoms with Crippen molar-refractivity contribution in [2.24, 2.45) is 11.8 Å². The Bertz CT molecular complexity index is 1750. The summed E-state index contributed by atoms with van der Waals surface area (Å²) in [7, 11) is 1.55. The summed E-state index contributed by atoms with van der Waals surface area (Å²) >= 11 is 0. The normalized spacial score (nSPS) is 21.9. The molecule has 3 heterocycles. The first-order valence-corrected chi connectivity index (χ1v) is 18.8. The predicted molar refractivity (Wildman–Crippen MR) is 202 cm³/mol. The quantitative estimate of drug-likeness (QED) is 0.230. The highest BCUT2D eigenvalue weighted by atomic mass is 16.5. The minimum atomic E-state index is -1.12. The Kier molecular flexibility index (Phi) is 13.7. The van der Waals surface area contributed by atoms with E-state index in [2.05, 4.69) is 40.2 Å². The summed E-state index contributed by atoms with van der Waals surface area (Å²) in [6, 6.07) is 12.4. The number of hydrogen-bond donors (Lipinski definition) is 4. The van der Waals surface area contributed by atoms with Gasteiger partial charge in [-0.05, 0) is 86.4 Å². The molecule has 2 aromatic carbocycles. The van der Waals surface area contributed by atoms with Crippen LogP contribution < -0.4 is 30.7 Å². The Morgan fingerprint density at radius 3 is 2.35 bits per heavy atom. The number of fused-ring (bicyclic) bond motifs is 17. The van der Waals surface area contributed by atoms with Crippen molar-refractivity contribution < 1.29 is 33.4 Å². The smallest absolute Gasteiger partial charge is 0.270 e. The van der Waals surface area contributed by atoms with Crippen molar-refractivity contribution in [1.82, 2.24) is 35.9 Å². The van der Waals surface area contributed by atoms with E-state index in [1.54, 1.807) is 56.5 Å². The van der Waals surface area contributed by atoms with Crippen molar-refractivity contribution in [3.05, 3.63) is 77.6 Å². The number of aromatic nitrogens is 2. The largest absolute Gasteiger partial charge is 0.497 e. The highest BCUT2D eigenvalue weighted by molar-refractivity contribution is 5.98. The molecule has 14 heteroatoms. The molecule has 54 heavy (non-hydrogen) atoms. The highest BCUT2D eigenvalue weighted by Gasteiger charge is 2.34. The molecule has 4 N–H and O–H groups in total. The lowest BCUT2D eigenvalue weighted by molar-refractivity contribution is -0.140. The molecule has 0 saturated heterocycles. The Balaban J connectivity index is 1.48. The van der Waals surface area contributed by atoms with Crippen LogP contribution in [0.5, 0.6) is 11.5 Å². The molecule has 6 rings (SSSR count). The fourth-order valence-electron chi connectivity index (χ4n) is 6.53. The molecule has 4 atom stereocenters. The van der Waals surface area contributed by atoms with Gasteiger partial charge in [0.25, 0.3) is 5.91 Å². The van der Waals surface area contributed by atoms with Crippen molar-refractivity contribution in [2.75, 3.05) is 26.8 Å². The van der Waals surface area contributed by atoms with Crippen LogP contribution in [0.4, 0.5) is 0 Å². The van der Waals surface area contributed by atoms with Gasteiger partial charge in [-0.3, -0.25) is 28.7 Å². The SMILES string of the molecule is CCn1nccc1C(=O)N[C@H]1Cc2ccc(cc2)OC[C@H](CC(C)C)NC(=O)CN(CC2CC2)C(=O)[C@@H](C)NC(=O)[C@H](Cc2ccc(OC)cc2)NC1=O. The molecule has 2 aliphatic heterocycles. The van der Waals surface area contributed by atoms with E-state index in [1.165, 1.54) is 15.8 Å². The van der Waals surface area contributed by atoms with Gasteiger partial charge >= 0.3 is 0 Å². The second-order valence-electron chi connectivity index (χ2n) is 14.6. The van der Waals surface area contributed by atoms with E-state index in [0.717, 1.165) is 24.0 Å². The van der Waals surface area contributed by atoms with Gasteiger partial charge in [0.2, 0.25) is 23.6 Å². The van der Waals surface area contributed by atoms with Gasteiger partial charge in [-0.1, -0.05) is 38.1 Å². The van der Waals surface area contributed by atoms with Gasteiger partial charge in [-0.2, -0.15) is 5.10 Å². The number of hydrogen-bond acceptors (Lipinski definition) is 8. The lowest BCUT2D eigenvalue weighted by Crippen LogP contribution is -2.58. The molecule has 1 aromatic heterocycles. The van der Waals surface area contributed by atoms with Crippen LogP contribution in [0.2, 0.25) is 0 Å². The van der Waals surface area contributed by atoms with Crippen molar-refractivity contribution in [2.45, 2.75) is 90.5 Å². The Morgan fingerprint density at radius 2 is 1.70 bits per heavy atom. The average molecular weight is 744 g/mol. The van der Waals surface area contributed by atoms with E-state index in [1.807, 2.05) is 19.1 Å². The third-order valence-corrected chi connectivity index (χ3v) is 9.59. The molecule has 0 radical (unpaired) electrons. The third kappa shape index (κ3) is 11.3. The lowest BCUT2D eigenvalue weighted by Gasteiger charge is -2.29. The second kappa shape index (κ2) is 18.6. The number of aryl methyl sites for hydroxylation is 1. The summed E-state index contributed by atoms with van der Waals surface area (Å²) < 4.78 is 12.9. The first-order valence-electron chi connectivity index (χ1n) is 18.8. The first-order chi connectivity index (χ1) is 25.9. The van der Waals surface area contributed by atoms with E-state index >= 15 is 0 Å². The molecule has 1 aliphatic carbocycles. The first kappa shape index (κ1) is 39.8. The molecule has 1 saturated carbocycles. The van der Waals surface area contributed by atoms with Crippen LogP contribution in [0, 0.1) is 11.8 Å². The zero-order valence-electron chi connectivity index (χ0n) is 31.8. The molecule has 290 valence electrons. The van der Waals surface area contributed by atoms with E-state index in [-0.39, 0.29) is 49.8 Å². The van der Waals surface area contributed by atoms with Crippen LogP contribution in [-0.4, -0.2) is 95.2 Å². The zero-order chi connectivity index (χ0) is 38.8. The second-order valence-corrected chi connectivity index (χ2v) is 14.6. The average Bonchev–Trinajstić information content (AvgIpc) is 3.84. The summed E-state index contributed by atoms with van der Waals surface area (Å²) in [4.78, 5) is 70.6. The van der Waals surface area contributed by atoms with Crippen molar-refractivity contribution in [1.29, 1.82) is 0 Å². The van der Waals surface area contributed by atoms with E-state index < -0.39 is 41.8 Å². The number of ether oxygens (including phenoxy) is 2. The lowest BCUT2D eigenvalue weighted by atomic mass is 10.0. The predicted octanol–water partition coefficient (Wildman–Crippen LogP) is 2.65. The molecule has 14 nitrogen and oxygen atoms in total. The maximum Gasteiger partial charge on any atom is 0.270 e. The summed E-state index contributed by atoms with van der Waals surface area (Å²) in [5, 5.41) is 15.8. The van der Waals surface area contributed by atoms with Crippen LogP contribution in [-0.2, 0) is 38.6 Å². The number of nitrogens with zero attached hydrogens (tertiary/aromatic N) is 3. The van der Waals surface area contributed by atoms with Crippen molar-refractivity contribution in [3.8, 4) is 11.5 Å². The van der Waals surface area contributed by atoms with Crippen molar-refractivity contribution >= 4 is 29.5 Å². The number of carbonyl (C=O) groups is 5. The Morgan fingerprint density at radius 1 is 0.981 bits per heavy atom. The van der Waals surface area contributed by atoms with E-state index in [9.17, 15) is 24.0 Å². The molecule has 0 spiro atoms. The van der Waals surface area contributed by atoms with Gasteiger partial charge in [0.05, 0.1) is 19.7 Å². The van der Waals surface area contributed by atoms with Gasteiger partial charge in [-0.25, -0.2) is 0 Å². The topological polar surface area (TPSA) is 173 Å². The minimum Gasteiger partial charge on any atom is -0.497 e. The summed E-state index contributed by atoms with van der Waals surface area (Å²) in [5.74, 6) is -0.607. The van der Waals surface area contributed by atoms with Crippen LogP contribution in [0.3, 0.4) is 0 Å². The molecule has 2 bridgehead atoms. The minimum absolute atomic E-state index is 0.0865. The Labute approximate surface area is 316 Å². The summed E-state index contributed by atoms with van der Waals surface area (Å²) in [5.41, 5.74) is 1.76. The molecule has 0 unspecified atom stereocenters. The van der Waals surface area contributed by atoms with Crippen LogP contribution in [0.15, 0.2) is 60.8 Å². The van der Waals surface area contributed by atoms with Gasteiger partial charge in [0.15, 0.2) is 0 Å². The van der Waals surface area contributed by atoms with Crippen LogP contribution in [0.1, 0.15) is 68.6 Å². The maximum absolute atomic E-state index is 14.2. The summed E-state index contributed by atoms with van der Waals surface area (Å²) in [6.07, 6.45) is 4.30. The molecule has 1 fully saturated rings. The molecule has 3 aromatic rings. The summed E-state index contributed by atoms with van der Waals surface area (Å²) in [6.45, 7) is 8.47. The molecular weight excluding hydrogens is 690 g/mol. The Hall–Kier alpha value is -5.40. The zero-order valence-corrected chi connectivity index (χ0v) is 31.8. The molecule has 5 amide bonds. The van der Waals surface area contributed by atoms with Crippen molar-refractivity contribution in [3.63, 3.8) is 0 Å². The van der Waals surface area contributed by atoms with E-state index in [0.29, 0.717) is 36.7 Å². The van der Waals surface area contributed by atoms with Gasteiger partial charge in [0, 0.05) is 32.1 Å². The van der Waals surface area contributed by atoms with Gasteiger partial charge < -0.3 is 35.6 Å². The van der Waals surface area contributed by atoms with Gasteiger partial charge in [0.1, 0.15) is 41.9 Å². The van der Waals surface area contributed by atoms with Crippen LogP contribution >= 0.6 is 0 Å². The monoisotopic (exact) mass is 743 g/mol. The third-order valence-electron chi connectivity index (χ3n) is 9.59. The number of carbonyl (C=O) groups excluding carboxylic acids is 5. The highest BCUT2D eigenvalue weighted by Crippen LogP contribution is 2.30. The van der Waals surface area contributed by atoms with Crippen LogP contribution in [0.25, 0.3) is 0 Å². The fraction of sp³-hybridized carbons (Fsp3) is 0.500. The number of benzene rings is 2. The standard InChI is InChI=1S/C40H53N7O7/c1-6-47-35(17-18-41-47)39(51)45-34-21-28-11-15-32(16-12-28)54-24-30(19-25(2)3)43-36(48)23-46(22-29-7-8-29)40(52)26(4)42-37(49)33(44-38(34)50)20-27-9-13-31(53-5)14-10-27/h9-18,25-26,29-30,33-34H,6-8,19-24H2,1-5H3,(H,42,49)(H,43,48)(H,44,50)(H,45,51)/t26-,30+,33+,34+/m1/s1. The number of methoxy groups -OCH3 is 1. The number of nitrogens with one attached hydrogen (secondary N) is 4. The number of amides is 5. The fourth-order valence-corrected chi connectivity index (χ4v) is 6.53. The van der Waals surface area contributed by atoms with Gasteiger partial charge in [-0.15, -0.1) is 0 Å². The number of rotatable bonds is 10.